The molecule has 1 N–H and O–H groups in total. The molecule has 0 radical (unpaired) electrons. The third kappa shape index (κ3) is 6.68. The van der Waals surface area contributed by atoms with Crippen LogP contribution in [0.4, 0.5) is 5.00 Å². The van der Waals surface area contributed by atoms with Gasteiger partial charge in [-0.2, -0.15) is 0 Å². The Kier molecular flexibility index (Phi) is 8.81. The van der Waals surface area contributed by atoms with E-state index < -0.39 is 17.8 Å². The average molecular weight is 446 g/mol. The van der Waals surface area contributed by atoms with Gasteiger partial charge in [-0.05, 0) is 64.0 Å². The second kappa shape index (κ2) is 11.3. The lowest BCUT2D eigenvalue weighted by Gasteiger charge is -2.07. The molecule has 0 saturated carbocycles. The minimum absolute atomic E-state index is 0.158. The topological polar surface area (TPSA) is 90.9 Å². The highest BCUT2D eigenvalue weighted by Crippen LogP contribution is 2.34. The third-order valence-electron chi connectivity index (χ3n) is 4.01. The molecule has 0 aliphatic carbocycles. The van der Waals surface area contributed by atoms with Crippen LogP contribution in [0.25, 0.3) is 6.08 Å². The molecule has 0 atom stereocenters. The number of benzene rings is 1. The molecule has 2 aromatic rings. The van der Waals surface area contributed by atoms with E-state index in [0.29, 0.717) is 12.2 Å². The second-order valence-electron chi connectivity index (χ2n) is 6.76. The van der Waals surface area contributed by atoms with E-state index in [1.807, 2.05) is 31.2 Å². The summed E-state index contributed by atoms with van der Waals surface area (Å²) in [6.07, 6.45) is 2.69. The molecule has 0 aliphatic heterocycles. The van der Waals surface area contributed by atoms with Crippen molar-refractivity contribution in [3.8, 4) is 5.75 Å². The number of nitrogens with one attached hydrogen (secondary N) is 1. The quantitative estimate of drug-likeness (QED) is 0.438. The van der Waals surface area contributed by atoms with Crippen molar-refractivity contribution < 1.29 is 28.6 Å². The summed E-state index contributed by atoms with van der Waals surface area (Å²) in [6.45, 7) is 9.45. The van der Waals surface area contributed by atoms with Crippen LogP contribution >= 0.6 is 11.3 Å². The van der Waals surface area contributed by atoms with Crippen molar-refractivity contribution >= 4 is 40.3 Å². The Morgan fingerprint density at radius 3 is 2.32 bits per heavy atom. The van der Waals surface area contributed by atoms with E-state index in [-0.39, 0.29) is 28.2 Å². The first kappa shape index (κ1) is 24.1. The Labute approximate surface area is 186 Å². The lowest BCUT2D eigenvalue weighted by molar-refractivity contribution is -0.111. The summed E-state index contributed by atoms with van der Waals surface area (Å²) in [5.74, 6) is -0.846. The van der Waals surface area contributed by atoms with Gasteiger partial charge in [-0.1, -0.05) is 12.1 Å². The maximum absolute atomic E-state index is 12.5. The van der Waals surface area contributed by atoms with E-state index in [0.717, 1.165) is 22.6 Å². The molecular weight excluding hydrogens is 418 g/mol. The SMILES string of the molecule is CCOC(=O)c1c(NC(=O)/C=C/c2ccc(OCC)cc2)sc(C(=O)OC(C)C)c1C. The van der Waals surface area contributed by atoms with Crippen molar-refractivity contribution in [2.75, 3.05) is 18.5 Å². The van der Waals surface area contributed by atoms with Crippen LogP contribution in [0.1, 0.15) is 58.9 Å². The molecule has 8 heteroatoms. The van der Waals surface area contributed by atoms with Crippen LogP contribution < -0.4 is 10.1 Å². The number of anilines is 1. The van der Waals surface area contributed by atoms with Gasteiger partial charge >= 0.3 is 11.9 Å². The monoisotopic (exact) mass is 445 g/mol. The predicted molar refractivity (Wildman–Crippen MR) is 121 cm³/mol. The minimum atomic E-state index is -0.606. The van der Waals surface area contributed by atoms with Gasteiger partial charge < -0.3 is 19.5 Å². The van der Waals surface area contributed by atoms with Gasteiger partial charge in [0.25, 0.3) is 0 Å². The fraction of sp³-hybridized carbons (Fsp3) is 0.348. The molecular formula is C23H27NO6S. The summed E-state index contributed by atoms with van der Waals surface area (Å²) in [7, 11) is 0. The van der Waals surface area contributed by atoms with Gasteiger partial charge in [-0.25, -0.2) is 9.59 Å². The van der Waals surface area contributed by atoms with Crippen LogP contribution in [0.15, 0.2) is 30.3 Å². The zero-order chi connectivity index (χ0) is 23.0. The summed E-state index contributed by atoms with van der Waals surface area (Å²) < 4.78 is 15.7. The number of carbonyl (C=O) groups excluding carboxylic acids is 3. The van der Waals surface area contributed by atoms with Crippen LogP contribution in [0.3, 0.4) is 0 Å². The van der Waals surface area contributed by atoms with Crippen molar-refractivity contribution in [2.45, 2.75) is 40.7 Å². The summed E-state index contributed by atoms with van der Waals surface area (Å²) >= 11 is 0.990. The molecule has 1 aromatic carbocycles. The molecule has 166 valence electrons. The Balaban J connectivity index is 2.24. The van der Waals surface area contributed by atoms with Gasteiger partial charge in [0.1, 0.15) is 15.6 Å². The zero-order valence-corrected chi connectivity index (χ0v) is 19.1. The molecule has 0 aliphatic rings. The Morgan fingerprint density at radius 2 is 1.74 bits per heavy atom. The standard InChI is InChI=1S/C23H27NO6S/c1-6-28-17-11-8-16(9-12-17)10-13-18(25)24-21-19(22(26)29-7-2)15(5)20(31-21)23(27)30-14(3)4/h8-14H,6-7H2,1-5H3,(H,24,25)/b13-10+. The number of rotatable bonds is 9. The number of amides is 1. The maximum atomic E-state index is 12.5. The van der Waals surface area contributed by atoms with Gasteiger partial charge in [0.2, 0.25) is 5.91 Å². The first-order valence-electron chi connectivity index (χ1n) is 10.00. The molecule has 1 aromatic heterocycles. The van der Waals surface area contributed by atoms with E-state index in [2.05, 4.69) is 5.32 Å². The zero-order valence-electron chi connectivity index (χ0n) is 18.3. The molecule has 2 rings (SSSR count). The average Bonchev–Trinajstić information content (AvgIpc) is 3.03. The van der Waals surface area contributed by atoms with E-state index >= 15 is 0 Å². The Morgan fingerprint density at radius 1 is 1.06 bits per heavy atom. The van der Waals surface area contributed by atoms with Crippen LogP contribution in [0, 0.1) is 6.92 Å². The minimum Gasteiger partial charge on any atom is -0.494 e. The van der Waals surface area contributed by atoms with Crippen LogP contribution in [0.2, 0.25) is 0 Å². The lowest BCUT2D eigenvalue weighted by Crippen LogP contribution is -2.13. The predicted octanol–water partition coefficient (Wildman–Crippen LogP) is 4.85. The molecule has 0 fully saturated rings. The number of ether oxygens (including phenoxy) is 3. The Bertz CT molecular complexity index is 959. The molecule has 7 nitrogen and oxygen atoms in total. The van der Waals surface area contributed by atoms with Crippen molar-refractivity contribution in [2.24, 2.45) is 0 Å². The highest BCUT2D eigenvalue weighted by molar-refractivity contribution is 7.18. The van der Waals surface area contributed by atoms with E-state index in [9.17, 15) is 14.4 Å². The smallest absolute Gasteiger partial charge is 0.348 e. The van der Waals surface area contributed by atoms with Crippen LogP contribution in [-0.4, -0.2) is 37.2 Å². The van der Waals surface area contributed by atoms with Crippen molar-refractivity contribution in [1.82, 2.24) is 0 Å². The third-order valence-corrected chi connectivity index (χ3v) is 5.20. The van der Waals surface area contributed by atoms with E-state index in [1.165, 1.54) is 6.08 Å². The summed E-state index contributed by atoms with van der Waals surface area (Å²) in [4.78, 5) is 37.6. The maximum Gasteiger partial charge on any atom is 0.348 e. The van der Waals surface area contributed by atoms with Crippen LogP contribution in [-0.2, 0) is 14.3 Å². The molecule has 0 spiro atoms. The summed E-state index contributed by atoms with van der Waals surface area (Å²) in [6, 6.07) is 7.28. The molecule has 0 saturated heterocycles. The van der Waals surface area contributed by atoms with Gasteiger partial charge in [-0.15, -0.1) is 11.3 Å². The highest BCUT2D eigenvalue weighted by atomic mass is 32.1. The molecule has 1 amide bonds. The Hall–Kier alpha value is -3.13. The summed E-state index contributed by atoms with van der Waals surface area (Å²) in [5.41, 5.74) is 1.39. The van der Waals surface area contributed by atoms with Gasteiger partial charge in [0, 0.05) is 6.08 Å². The number of hydrogen-bond donors (Lipinski definition) is 1. The number of thiophene rings is 1. The number of esters is 2. The molecule has 1 heterocycles. The fourth-order valence-corrected chi connectivity index (χ4v) is 3.76. The first-order valence-corrected chi connectivity index (χ1v) is 10.8. The van der Waals surface area contributed by atoms with Gasteiger partial charge in [-0.3, -0.25) is 4.79 Å². The van der Waals surface area contributed by atoms with Crippen molar-refractivity contribution in [3.63, 3.8) is 0 Å². The molecule has 0 bridgehead atoms. The van der Waals surface area contributed by atoms with Crippen LogP contribution in [0.5, 0.6) is 5.75 Å². The molecule has 31 heavy (non-hydrogen) atoms. The second-order valence-corrected chi connectivity index (χ2v) is 7.78. The van der Waals surface area contributed by atoms with Crippen molar-refractivity contribution in [3.05, 3.63) is 51.9 Å². The normalized spacial score (nSPS) is 10.9. The molecule has 0 unspecified atom stereocenters. The number of hydrogen-bond acceptors (Lipinski definition) is 7. The van der Waals surface area contributed by atoms with Gasteiger partial charge in [0.15, 0.2) is 0 Å². The lowest BCUT2D eigenvalue weighted by atomic mass is 10.1. The van der Waals surface area contributed by atoms with E-state index in [1.54, 1.807) is 33.8 Å². The van der Waals surface area contributed by atoms with Gasteiger partial charge in [0.05, 0.1) is 24.9 Å². The highest BCUT2D eigenvalue weighted by Gasteiger charge is 2.27. The first-order chi connectivity index (χ1) is 14.8. The summed E-state index contributed by atoms with van der Waals surface area (Å²) in [5, 5.41) is 2.92. The largest absolute Gasteiger partial charge is 0.494 e. The fourth-order valence-electron chi connectivity index (χ4n) is 2.68. The van der Waals surface area contributed by atoms with E-state index in [4.69, 9.17) is 14.2 Å². The van der Waals surface area contributed by atoms with Crippen molar-refractivity contribution in [1.29, 1.82) is 0 Å². The number of carbonyl (C=O) groups is 3.